The SMILES string of the molecule is N#CCCCN(CCC(=O)O)c1ccccc1N. The van der Waals surface area contributed by atoms with Crippen LogP contribution in [0.1, 0.15) is 19.3 Å². The van der Waals surface area contributed by atoms with Gasteiger partial charge in [-0.05, 0) is 18.6 Å². The van der Waals surface area contributed by atoms with Crippen LogP contribution in [0.5, 0.6) is 0 Å². The van der Waals surface area contributed by atoms with E-state index >= 15 is 0 Å². The lowest BCUT2D eigenvalue weighted by Gasteiger charge is -2.25. The predicted octanol–water partition coefficient (Wildman–Crippen LogP) is 1.85. The van der Waals surface area contributed by atoms with Gasteiger partial charge in [0.2, 0.25) is 0 Å². The number of carboxylic acid groups (broad SMARTS) is 1. The first-order valence-electron chi connectivity index (χ1n) is 5.83. The van der Waals surface area contributed by atoms with Crippen molar-refractivity contribution in [2.24, 2.45) is 0 Å². The fraction of sp³-hybridized carbons (Fsp3) is 0.385. The average molecular weight is 247 g/mol. The molecule has 0 aliphatic heterocycles. The molecule has 0 amide bonds. The summed E-state index contributed by atoms with van der Waals surface area (Å²) in [5, 5.41) is 17.3. The van der Waals surface area contributed by atoms with Crippen LogP contribution in [-0.2, 0) is 4.79 Å². The summed E-state index contributed by atoms with van der Waals surface area (Å²) in [7, 11) is 0. The van der Waals surface area contributed by atoms with E-state index < -0.39 is 5.97 Å². The number of nitriles is 1. The van der Waals surface area contributed by atoms with Gasteiger partial charge in [-0.1, -0.05) is 12.1 Å². The normalized spacial score (nSPS) is 9.72. The lowest BCUT2D eigenvalue weighted by molar-refractivity contribution is -0.136. The van der Waals surface area contributed by atoms with Gasteiger partial charge in [0.15, 0.2) is 0 Å². The quantitative estimate of drug-likeness (QED) is 0.567. The molecule has 0 atom stereocenters. The summed E-state index contributed by atoms with van der Waals surface area (Å²) in [4.78, 5) is 12.6. The molecule has 0 radical (unpaired) electrons. The van der Waals surface area contributed by atoms with Crippen molar-refractivity contribution in [1.29, 1.82) is 5.26 Å². The van der Waals surface area contributed by atoms with Crippen LogP contribution >= 0.6 is 0 Å². The van der Waals surface area contributed by atoms with Gasteiger partial charge in [0.25, 0.3) is 0 Å². The molecule has 5 nitrogen and oxygen atoms in total. The summed E-state index contributed by atoms with van der Waals surface area (Å²) in [5.41, 5.74) is 7.33. The van der Waals surface area contributed by atoms with Crippen LogP contribution < -0.4 is 10.6 Å². The number of hydrogen-bond donors (Lipinski definition) is 2. The van der Waals surface area contributed by atoms with E-state index in [-0.39, 0.29) is 6.42 Å². The number of nitrogen functional groups attached to an aromatic ring is 1. The molecule has 1 aromatic carbocycles. The van der Waals surface area contributed by atoms with Gasteiger partial charge in [-0.15, -0.1) is 0 Å². The number of anilines is 2. The Morgan fingerprint density at radius 1 is 1.39 bits per heavy atom. The largest absolute Gasteiger partial charge is 0.481 e. The van der Waals surface area contributed by atoms with Crippen LogP contribution in [0.25, 0.3) is 0 Å². The third-order valence-corrected chi connectivity index (χ3v) is 2.59. The maximum atomic E-state index is 10.6. The lowest BCUT2D eigenvalue weighted by Crippen LogP contribution is -2.28. The van der Waals surface area contributed by atoms with E-state index in [1.807, 2.05) is 23.1 Å². The Morgan fingerprint density at radius 2 is 2.11 bits per heavy atom. The standard InChI is InChI=1S/C13H17N3O2/c14-8-3-4-9-16(10-7-13(17)18)12-6-2-1-5-11(12)15/h1-2,5-6H,3-4,7,9-10,15H2,(H,17,18). The summed E-state index contributed by atoms with van der Waals surface area (Å²) in [5.74, 6) is -0.838. The summed E-state index contributed by atoms with van der Waals surface area (Å²) < 4.78 is 0. The second-order valence-electron chi connectivity index (χ2n) is 3.95. The van der Waals surface area contributed by atoms with Crippen molar-refractivity contribution in [3.05, 3.63) is 24.3 Å². The highest BCUT2D eigenvalue weighted by atomic mass is 16.4. The Bertz CT molecular complexity index is 440. The van der Waals surface area contributed by atoms with E-state index in [9.17, 15) is 4.79 Å². The second kappa shape index (κ2) is 7.17. The number of carboxylic acids is 1. The molecule has 0 aliphatic rings. The Labute approximate surface area is 106 Å². The molecule has 0 saturated heterocycles. The third-order valence-electron chi connectivity index (χ3n) is 2.59. The molecule has 0 bridgehead atoms. The van der Waals surface area contributed by atoms with Crippen molar-refractivity contribution in [3.63, 3.8) is 0 Å². The molecular formula is C13H17N3O2. The van der Waals surface area contributed by atoms with Crippen molar-refractivity contribution in [2.75, 3.05) is 23.7 Å². The van der Waals surface area contributed by atoms with E-state index in [2.05, 4.69) is 6.07 Å². The maximum Gasteiger partial charge on any atom is 0.305 e. The lowest BCUT2D eigenvalue weighted by atomic mass is 10.2. The van der Waals surface area contributed by atoms with Crippen molar-refractivity contribution in [1.82, 2.24) is 0 Å². The van der Waals surface area contributed by atoms with Crippen LogP contribution in [0.4, 0.5) is 11.4 Å². The van der Waals surface area contributed by atoms with Crippen LogP contribution in [0.15, 0.2) is 24.3 Å². The Balaban J connectivity index is 2.73. The number of nitrogens with two attached hydrogens (primary N) is 1. The van der Waals surface area contributed by atoms with Crippen molar-refractivity contribution in [3.8, 4) is 6.07 Å². The number of rotatable bonds is 7. The van der Waals surface area contributed by atoms with Crippen LogP contribution in [0, 0.1) is 11.3 Å². The molecule has 1 aromatic rings. The molecule has 0 fully saturated rings. The summed E-state index contributed by atoms with van der Waals surface area (Å²) in [6, 6.07) is 9.43. The molecule has 0 heterocycles. The minimum atomic E-state index is -0.838. The number of unbranched alkanes of at least 4 members (excludes halogenated alkanes) is 1. The van der Waals surface area contributed by atoms with Gasteiger partial charge in [0, 0.05) is 19.5 Å². The van der Waals surface area contributed by atoms with Gasteiger partial charge in [-0.25, -0.2) is 0 Å². The minimum Gasteiger partial charge on any atom is -0.481 e. The topological polar surface area (TPSA) is 90.3 Å². The molecule has 0 aliphatic carbocycles. The van der Waals surface area contributed by atoms with E-state index in [0.29, 0.717) is 31.6 Å². The molecule has 0 aromatic heterocycles. The van der Waals surface area contributed by atoms with Gasteiger partial charge in [0.05, 0.1) is 23.9 Å². The monoisotopic (exact) mass is 247 g/mol. The Kier molecular flexibility index (Phi) is 5.52. The zero-order valence-electron chi connectivity index (χ0n) is 10.2. The fourth-order valence-corrected chi connectivity index (χ4v) is 1.71. The molecule has 3 N–H and O–H groups in total. The molecule has 1 rings (SSSR count). The number of para-hydroxylation sites is 2. The number of aliphatic carboxylic acids is 1. The molecule has 5 heteroatoms. The number of benzene rings is 1. The number of nitrogens with zero attached hydrogens (tertiary/aromatic N) is 2. The zero-order valence-corrected chi connectivity index (χ0v) is 10.2. The molecule has 0 spiro atoms. The zero-order chi connectivity index (χ0) is 13.4. The van der Waals surface area contributed by atoms with Gasteiger partial charge < -0.3 is 15.7 Å². The van der Waals surface area contributed by atoms with Crippen LogP contribution in [-0.4, -0.2) is 24.2 Å². The fourth-order valence-electron chi connectivity index (χ4n) is 1.71. The van der Waals surface area contributed by atoms with Gasteiger partial charge >= 0.3 is 5.97 Å². The van der Waals surface area contributed by atoms with Crippen molar-refractivity contribution < 1.29 is 9.90 Å². The number of carbonyl (C=O) groups is 1. The third kappa shape index (κ3) is 4.34. The van der Waals surface area contributed by atoms with E-state index in [1.165, 1.54) is 0 Å². The predicted molar refractivity (Wildman–Crippen MR) is 70.2 cm³/mol. The first kappa shape index (κ1) is 13.8. The van der Waals surface area contributed by atoms with Gasteiger partial charge in [0.1, 0.15) is 0 Å². The van der Waals surface area contributed by atoms with Crippen molar-refractivity contribution in [2.45, 2.75) is 19.3 Å². The average Bonchev–Trinajstić information content (AvgIpc) is 2.34. The summed E-state index contributed by atoms with van der Waals surface area (Å²) in [6.45, 7) is 1.03. The molecule has 18 heavy (non-hydrogen) atoms. The van der Waals surface area contributed by atoms with Crippen LogP contribution in [0.3, 0.4) is 0 Å². The molecular weight excluding hydrogens is 230 g/mol. The highest BCUT2D eigenvalue weighted by molar-refractivity contribution is 5.70. The molecule has 0 saturated carbocycles. The summed E-state index contributed by atoms with van der Waals surface area (Å²) >= 11 is 0. The van der Waals surface area contributed by atoms with Crippen molar-refractivity contribution >= 4 is 17.3 Å². The van der Waals surface area contributed by atoms with Gasteiger partial charge in [-0.2, -0.15) is 5.26 Å². The Hall–Kier alpha value is -2.22. The van der Waals surface area contributed by atoms with E-state index in [4.69, 9.17) is 16.1 Å². The summed E-state index contributed by atoms with van der Waals surface area (Å²) in [6.07, 6.45) is 1.21. The highest BCUT2D eigenvalue weighted by Crippen LogP contribution is 2.23. The second-order valence-corrected chi connectivity index (χ2v) is 3.95. The number of hydrogen-bond acceptors (Lipinski definition) is 4. The maximum absolute atomic E-state index is 10.6. The van der Waals surface area contributed by atoms with Crippen LogP contribution in [0.2, 0.25) is 0 Å². The minimum absolute atomic E-state index is 0.0564. The van der Waals surface area contributed by atoms with E-state index in [1.54, 1.807) is 6.07 Å². The first-order chi connectivity index (χ1) is 8.65. The molecule has 96 valence electrons. The Morgan fingerprint density at radius 3 is 2.72 bits per heavy atom. The smallest absolute Gasteiger partial charge is 0.305 e. The highest BCUT2D eigenvalue weighted by Gasteiger charge is 2.10. The molecule has 0 unspecified atom stereocenters. The van der Waals surface area contributed by atoms with E-state index in [0.717, 1.165) is 5.69 Å². The first-order valence-corrected chi connectivity index (χ1v) is 5.83. The van der Waals surface area contributed by atoms with Gasteiger partial charge in [-0.3, -0.25) is 4.79 Å².